The summed E-state index contributed by atoms with van der Waals surface area (Å²) in [5, 5.41) is 10.7. The summed E-state index contributed by atoms with van der Waals surface area (Å²) in [7, 11) is 0. The molecule has 0 aliphatic heterocycles. The molecule has 0 spiro atoms. The predicted octanol–water partition coefficient (Wildman–Crippen LogP) is 20.7. The maximum absolute atomic E-state index is 6.92. The zero-order valence-electron chi connectivity index (χ0n) is 40.8. The number of fused-ring (bicyclic) bond motifs is 15. The second-order valence-electron chi connectivity index (χ2n) is 19.5. The summed E-state index contributed by atoms with van der Waals surface area (Å²) in [6, 6.07) is 89.4. The fourth-order valence-electron chi connectivity index (χ4n) is 11.7. The highest BCUT2D eigenvalue weighted by atomic mass is 16.3. The van der Waals surface area contributed by atoms with Crippen LogP contribution in [0.5, 0.6) is 0 Å². The molecule has 356 valence electrons. The van der Waals surface area contributed by atoms with E-state index in [1.54, 1.807) is 0 Å². The Morgan fingerprint density at radius 2 is 0.500 bits per heavy atom. The molecule has 0 bridgehead atoms. The SMILES string of the molecule is c1ccc(N(c2ccc(-c3cccc4c3oc3ccccc34)cc2)c2ccc3c(c2)oc2c3ccc3c2ccc2c4ccc(N(c5ccccc5)c5ccc(-c6cccc7c6oc6ccccc67)cc5)cc4oc23)cc1. The lowest BCUT2D eigenvalue weighted by Gasteiger charge is -2.25. The minimum absolute atomic E-state index is 0.809. The molecule has 0 radical (unpaired) electrons. The maximum atomic E-state index is 6.92. The number of hydrogen-bond donors (Lipinski definition) is 0. The highest BCUT2D eigenvalue weighted by Crippen LogP contribution is 2.46. The molecule has 76 heavy (non-hydrogen) atoms. The normalized spacial score (nSPS) is 11.9. The van der Waals surface area contributed by atoms with Gasteiger partial charge in [0.1, 0.15) is 44.7 Å². The standard InChI is InChI=1S/C70H42N2O4/c1-3-13-45(14-4-1)71(47-29-25-43(26-30-47)51-19-11-21-57-53-17-7-9-23-63(53)73-67(51)57)49-33-35-55-59-37-39-62-61(69(59)75-65(55)41-49)40-38-60-56-36-34-50(42-66(56)76-70(60)62)72(46-15-5-2-6-16-46)48-31-27-44(28-32-48)52-20-12-22-58-54-18-8-10-24-64(54)74-68(52)58/h1-42H. The van der Waals surface area contributed by atoms with Gasteiger partial charge < -0.3 is 27.5 Å². The Morgan fingerprint density at radius 3 is 0.934 bits per heavy atom. The van der Waals surface area contributed by atoms with E-state index in [1.165, 1.54) is 0 Å². The molecule has 4 aromatic heterocycles. The highest BCUT2D eigenvalue weighted by molar-refractivity contribution is 6.23. The molecule has 16 rings (SSSR count). The quantitative estimate of drug-likeness (QED) is 0.151. The molecule has 16 aromatic rings. The Morgan fingerprint density at radius 1 is 0.197 bits per heavy atom. The van der Waals surface area contributed by atoms with Crippen molar-refractivity contribution in [2.24, 2.45) is 0 Å². The molecular formula is C70H42N2O4. The van der Waals surface area contributed by atoms with Gasteiger partial charge in [0.15, 0.2) is 0 Å². The number of rotatable bonds is 8. The van der Waals surface area contributed by atoms with Gasteiger partial charge in [-0.1, -0.05) is 133 Å². The molecule has 0 saturated carbocycles. The Bertz CT molecular complexity index is 4620. The molecule has 0 aliphatic rings. The summed E-state index contributed by atoms with van der Waals surface area (Å²) in [6.07, 6.45) is 0. The summed E-state index contributed by atoms with van der Waals surface area (Å²) < 4.78 is 26.7. The number of anilines is 6. The van der Waals surface area contributed by atoms with Gasteiger partial charge in [-0.25, -0.2) is 0 Å². The Kier molecular flexibility index (Phi) is 9.23. The minimum atomic E-state index is 0.809. The molecule has 0 fully saturated rings. The zero-order valence-corrected chi connectivity index (χ0v) is 40.8. The van der Waals surface area contributed by atoms with E-state index in [0.29, 0.717) is 0 Å². The van der Waals surface area contributed by atoms with Crippen LogP contribution in [-0.2, 0) is 0 Å². The van der Waals surface area contributed by atoms with Gasteiger partial charge in [-0.2, -0.15) is 0 Å². The first-order chi connectivity index (χ1) is 37.7. The van der Waals surface area contributed by atoms with Crippen molar-refractivity contribution in [3.8, 4) is 22.3 Å². The summed E-state index contributed by atoms with van der Waals surface area (Å²) in [4.78, 5) is 4.56. The topological polar surface area (TPSA) is 59.0 Å². The first-order valence-electron chi connectivity index (χ1n) is 25.6. The van der Waals surface area contributed by atoms with Gasteiger partial charge in [0, 0.05) is 111 Å². The molecular weight excluding hydrogens is 933 g/mol. The van der Waals surface area contributed by atoms with Gasteiger partial charge in [0.2, 0.25) is 0 Å². The van der Waals surface area contributed by atoms with E-state index >= 15 is 0 Å². The van der Waals surface area contributed by atoms with Crippen molar-refractivity contribution in [1.29, 1.82) is 0 Å². The van der Waals surface area contributed by atoms with Crippen LogP contribution in [0.3, 0.4) is 0 Å². The molecule has 0 unspecified atom stereocenters. The number of hydrogen-bond acceptors (Lipinski definition) is 6. The second-order valence-corrected chi connectivity index (χ2v) is 19.5. The van der Waals surface area contributed by atoms with Gasteiger partial charge in [-0.3, -0.25) is 0 Å². The summed E-state index contributed by atoms with van der Waals surface area (Å²) in [5.41, 5.74) is 17.3. The lowest BCUT2D eigenvalue weighted by atomic mass is 10.0. The Labute approximate surface area is 435 Å². The second kappa shape index (κ2) is 16.6. The molecule has 0 amide bonds. The van der Waals surface area contributed by atoms with Crippen LogP contribution in [0.2, 0.25) is 0 Å². The van der Waals surface area contributed by atoms with Crippen molar-refractivity contribution >= 4 is 133 Å². The van der Waals surface area contributed by atoms with E-state index in [1.807, 2.05) is 24.3 Å². The van der Waals surface area contributed by atoms with Crippen LogP contribution in [0.15, 0.2) is 272 Å². The van der Waals surface area contributed by atoms with Gasteiger partial charge in [0.25, 0.3) is 0 Å². The number of benzene rings is 12. The van der Waals surface area contributed by atoms with E-state index < -0.39 is 0 Å². The average Bonchev–Trinajstić information content (AvgIpc) is 4.27. The van der Waals surface area contributed by atoms with Crippen LogP contribution < -0.4 is 9.80 Å². The maximum Gasteiger partial charge on any atom is 0.143 e. The third-order valence-electron chi connectivity index (χ3n) is 15.3. The fourth-order valence-corrected chi connectivity index (χ4v) is 11.7. The van der Waals surface area contributed by atoms with Crippen LogP contribution in [0.25, 0.3) is 121 Å². The number of furan rings is 4. The average molecular weight is 975 g/mol. The van der Waals surface area contributed by atoms with Crippen LogP contribution in [0.1, 0.15) is 0 Å². The first kappa shape index (κ1) is 42.2. The zero-order chi connectivity index (χ0) is 49.8. The minimum Gasteiger partial charge on any atom is -0.455 e. The monoisotopic (exact) mass is 974 g/mol. The lowest BCUT2D eigenvalue weighted by molar-refractivity contribution is 0.669. The predicted molar refractivity (Wildman–Crippen MR) is 313 cm³/mol. The largest absolute Gasteiger partial charge is 0.455 e. The molecule has 4 heterocycles. The molecule has 12 aromatic carbocycles. The molecule has 0 aliphatic carbocycles. The summed E-state index contributed by atoms with van der Waals surface area (Å²) in [6.45, 7) is 0. The van der Waals surface area contributed by atoms with Crippen molar-refractivity contribution in [1.82, 2.24) is 0 Å². The summed E-state index contributed by atoms with van der Waals surface area (Å²) in [5.74, 6) is 0. The third-order valence-corrected chi connectivity index (χ3v) is 15.3. The van der Waals surface area contributed by atoms with Crippen LogP contribution in [-0.4, -0.2) is 0 Å². The van der Waals surface area contributed by atoms with Crippen molar-refractivity contribution in [2.45, 2.75) is 0 Å². The van der Waals surface area contributed by atoms with Crippen molar-refractivity contribution < 1.29 is 17.7 Å². The van der Waals surface area contributed by atoms with Gasteiger partial charge in [-0.05, 0) is 120 Å². The van der Waals surface area contributed by atoms with E-state index in [2.05, 4.69) is 240 Å². The molecule has 0 atom stereocenters. The van der Waals surface area contributed by atoms with E-state index in [4.69, 9.17) is 17.7 Å². The number of nitrogens with zero attached hydrogens (tertiary/aromatic N) is 2. The van der Waals surface area contributed by atoms with Crippen LogP contribution in [0.4, 0.5) is 34.1 Å². The number of para-hydroxylation sites is 6. The molecule has 6 nitrogen and oxygen atoms in total. The van der Waals surface area contributed by atoms with E-state index in [9.17, 15) is 0 Å². The smallest absolute Gasteiger partial charge is 0.143 e. The summed E-state index contributed by atoms with van der Waals surface area (Å²) >= 11 is 0. The van der Waals surface area contributed by atoms with Crippen molar-refractivity contribution in [3.63, 3.8) is 0 Å². The molecule has 0 saturated heterocycles. The van der Waals surface area contributed by atoms with E-state index in [-0.39, 0.29) is 0 Å². The lowest BCUT2D eigenvalue weighted by Crippen LogP contribution is -2.09. The first-order valence-corrected chi connectivity index (χ1v) is 25.6. The highest BCUT2D eigenvalue weighted by Gasteiger charge is 2.22. The Hall–Kier alpha value is -10.3. The van der Waals surface area contributed by atoms with Gasteiger partial charge in [0.05, 0.1) is 0 Å². The van der Waals surface area contributed by atoms with E-state index in [0.717, 1.165) is 155 Å². The fraction of sp³-hybridized carbons (Fsp3) is 0. The van der Waals surface area contributed by atoms with Gasteiger partial charge >= 0.3 is 0 Å². The van der Waals surface area contributed by atoms with Gasteiger partial charge in [-0.15, -0.1) is 0 Å². The Balaban J connectivity index is 0.758. The van der Waals surface area contributed by atoms with Crippen LogP contribution >= 0.6 is 0 Å². The molecule has 0 N–H and O–H groups in total. The third kappa shape index (κ3) is 6.54. The van der Waals surface area contributed by atoms with Crippen molar-refractivity contribution in [2.75, 3.05) is 9.80 Å². The van der Waals surface area contributed by atoms with Crippen LogP contribution in [0, 0.1) is 0 Å². The van der Waals surface area contributed by atoms with Crippen molar-refractivity contribution in [3.05, 3.63) is 255 Å². The molecule has 6 heteroatoms.